The molecule has 1 aliphatic heterocycles. The Hall–Kier alpha value is -1.36. The van der Waals surface area contributed by atoms with E-state index in [2.05, 4.69) is 27.2 Å². The first kappa shape index (κ1) is 13.1. The van der Waals surface area contributed by atoms with E-state index in [1.54, 1.807) is 6.33 Å². The SMILES string of the molecule is CCCC1CCCN(c2cc(NN)ncn2)CC1. The van der Waals surface area contributed by atoms with Crippen LogP contribution >= 0.6 is 0 Å². The molecule has 100 valence electrons. The summed E-state index contributed by atoms with van der Waals surface area (Å²) in [5.41, 5.74) is 2.57. The topological polar surface area (TPSA) is 67.1 Å². The number of anilines is 2. The zero-order chi connectivity index (χ0) is 12.8. The second kappa shape index (κ2) is 6.54. The molecule has 1 atom stereocenters. The first-order valence-electron chi connectivity index (χ1n) is 6.87. The first-order valence-corrected chi connectivity index (χ1v) is 6.87. The van der Waals surface area contributed by atoms with Crippen LogP contribution < -0.4 is 16.2 Å². The smallest absolute Gasteiger partial charge is 0.145 e. The van der Waals surface area contributed by atoms with E-state index >= 15 is 0 Å². The van der Waals surface area contributed by atoms with Crippen LogP contribution in [-0.4, -0.2) is 23.1 Å². The summed E-state index contributed by atoms with van der Waals surface area (Å²) >= 11 is 0. The number of hydrogen-bond donors (Lipinski definition) is 2. The van der Waals surface area contributed by atoms with Gasteiger partial charge in [0.15, 0.2) is 0 Å². The van der Waals surface area contributed by atoms with Gasteiger partial charge >= 0.3 is 0 Å². The number of nitrogens with one attached hydrogen (secondary N) is 1. The fraction of sp³-hybridized carbons (Fsp3) is 0.692. The third kappa shape index (κ3) is 3.32. The maximum atomic E-state index is 5.38. The van der Waals surface area contributed by atoms with Crippen molar-refractivity contribution in [1.29, 1.82) is 0 Å². The lowest BCUT2D eigenvalue weighted by Crippen LogP contribution is -2.25. The fourth-order valence-corrected chi connectivity index (χ4v) is 2.69. The number of hydrazine groups is 1. The fourth-order valence-electron chi connectivity index (χ4n) is 2.69. The van der Waals surface area contributed by atoms with Gasteiger partial charge in [-0.1, -0.05) is 19.8 Å². The number of rotatable bonds is 4. The number of aromatic nitrogens is 2. The molecule has 0 saturated carbocycles. The van der Waals surface area contributed by atoms with E-state index in [0.717, 1.165) is 24.8 Å². The quantitative estimate of drug-likeness (QED) is 0.632. The van der Waals surface area contributed by atoms with Crippen LogP contribution in [0.1, 0.15) is 39.0 Å². The summed E-state index contributed by atoms with van der Waals surface area (Å²) in [6.45, 7) is 4.44. The average Bonchev–Trinajstić information content (AvgIpc) is 2.65. The highest BCUT2D eigenvalue weighted by molar-refractivity contribution is 5.47. The summed E-state index contributed by atoms with van der Waals surface area (Å²) in [7, 11) is 0. The Morgan fingerprint density at radius 1 is 1.39 bits per heavy atom. The molecule has 0 amide bonds. The van der Waals surface area contributed by atoms with Gasteiger partial charge in [-0.05, 0) is 25.2 Å². The molecule has 5 nitrogen and oxygen atoms in total. The zero-order valence-corrected chi connectivity index (χ0v) is 11.1. The van der Waals surface area contributed by atoms with E-state index in [4.69, 9.17) is 5.84 Å². The van der Waals surface area contributed by atoms with Gasteiger partial charge in [0.25, 0.3) is 0 Å². The lowest BCUT2D eigenvalue weighted by molar-refractivity contribution is 0.435. The molecule has 1 aromatic heterocycles. The van der Waals surface area contributed by atoms with Crippen LogP contribution in [0.25, 0.3) is 0 Å². The molecule has 2 rings (SSSR count). The van der Waals surface area contributed by atoms with Crippen molar-refractivity contribution in [3.8, 4) is 0 Å². The number of nitrogens with two attached hydrogens (primary N) is 1. The molecule has 0 aromatic carbocycles. The molecule has 1 saturated heterocycles. The predicted molar refractivity (Wildman–Crippen MR) is 74.3 cm³/mol. The summed E-state index contributed by atoms with van der Waals surface area (Å²) in [5, 5.41) is 0. The Balaban J connectivity index is 2.00. The standard InChI is InChI=1S/C13H23N5/c1-2-4-11-5-3-7-18(8-6-11)13-9-12(17-14)15-10-16-13/h9-11H,2-8,14H2,1H3,(H,15,16,17). The molecule has 2 heterocycles. The van der Waals surface area contributed by atoms with Crippen LogP contribution in [0.15, 0.2) is 12.4 Å². The van der Waals surface area contributed by atoms with Crippen molar-refractivity contribution in [2.45, 2.75) is 39.0 Å². The Kier molecular flexibility index (Phi) is 4.75. The Labute approximate surface area is 109 Å². The molecular formula is C13H23N5. The molecule has 1 fully saturated rings. The van der Waals surface area contributed by atoms with Gasteiger partial charge in [-0.25, -0.2) is 15.8 Å². The summed E-state index contributed by atoms with van der Waals surface area (Å²) < 4.78 is 0. The molecule has 1 aliphatic rings. The summed E-state index contributed by atoms with van der Waals surface area (Å²) in [4.78, 5) is 10.7. The minimum absolute atomic E-state index is 0.675. The largest absolute Gasteiger partial charge is 0.356 e. The molecule has 0 aliphatic carbocycles. The second-order valence-electron chi connectivity index (χ2n) is 4.98. The van der Waals surface area contributed by atoms with Crippen LogP contribution in [0.3, 0.4) is 0 Å². The molecule has 1 aromatic rings. The number of nitrogen functional groups attached to an aromatic ring is 1. The predicted octanol–water partition coefficient (Wildman–Crippen LogP) is 2.17. The monoisotopic (exact) mass is 249 g/mol. The first-order chi connectivity index (χ1) is 8.83. The maximum absolute atomic E-state index is 5.38. The van der Waals surface area contributed by atoms with Crippen LogP contribution in [0.4, 0.5) is 11.6 Å². The molecule has 0 spiro atoms. The van der Waals surface area contributed by atoms with Crippen molar-refractivity contribution in [2.24, 2.45) is 11.8 Å². The van der Waals surface area contributed by atoms with Crippen molar-refractivity contribution in [1.82, 2.24) is 9.97 Å². The molecule has 0 radical (unpaired) electrons. The van der Waals surface area contributed by atoms with E-state index in [0.29, 0.717) is 5.82 Å². The van der Waals surface area contributed by atoms with Crippen molar-refractivity contribution in [3.05, 3.63) is 12.4 Å². The summed E-state index contributed by atoms with van der Waals surface area (Å²) in [6.07, 6.45) is 8.08. The van der Waals surface area contributed by atoms with Crippen molar-refractivity contribution < 1.29 is 0 Å². The van der Waals surface area contributed by atoms with Crippen LogP contribution in [0.5, 0.6) is 0 Å². The van der Waals surface area contributed by atoms with E-state index < -0.39 is 0 Å². The molecule has 0 bridgehead atoms. The summed E-state index contributed by atoms with van der Waals surface area (Å²) in [6, 6.07) is 1.92. The van der Waals surface area contributed by atoms with Crippen LogP contribution in [-0.2, 0) is 0 Å². The van der Waals surface area contributed by atoms with E-state index in [-0.39, 0.29) is 0 Å². The minimum atomic E-state index is 0.675. The van der Waals surface area contributed by atoms with Crippen LogP contribution in [0.2, 0.25) is 0 Å². The highest BCUT2D eigenvalue weighted by Gasteiger charge is 2.17. The van der Waals surface area contributed by atoms with Crippen LogP contribution in [0, 0.1) is 5.92 Å². The Morgan fingerprint density at radius 3 is 3.06 bits per heavy atom. The maximum Gasteiger partial charge on any atom is 0.145 e. The third-order valence-electron chi connectivity index (χ3n) is 3.67. The summed E-state index contributed by atoms with van der Waals surface area (Å²) in [5.74, 6) is 7.92. The van der Waals surface area contributed by atoms with Gasteiger partial charge in [-0.2, -0.15) is 0 Å². The van der Waals surface area contributed by atoms with E-state index in [1.807, 2.05) is 6.07 Å². The normalized spacial score (nSPS) is 20.6. The van der Waals surface area contributed by atoms with Gasteiger partial charge < -0.3 is 10.3 Å². The lowest BCUT2D eigenvalue weighted by Gasteiger charge is -2.21. The van der Waals surface area contributed by atoms with Gasteiger partial charge in [-0.15, -0.1) is 0 Å². The van der Waals surface area contributed by atoms with E-state index in [1.165, 1.54) is 32.1 Å². The number of hydrogen-bond acceptors (Lipinski definition) is 5. The molecule has 18 heavy (non-hydrogen) atoms. The van der Waals surface area contributed by atoms with Gasteiger partial charge in [-0.3, -0.25) is 0 Å². The van der Waals surface area contributed by atoms with Gasteiger partial charge in [0.1, 0.15) is 18.0 Å². The highest BCUT2D eigenvalue weighted by atomic mass is 15.3. The lowest BCUT2D eigenvalue weighted by atomic mass is 9.96. The van der Waals surface area contributed by atoms with Gasteiger partial charge in [0.05, 0.1) is 0 Å². The molecule has 3 N–H and O–H groups in total. The van der Waals surface area contributed by atoms with Crippen molar-refractivity contribution in [3.63, 3.8) is 0 Å². The molecular weight excluding hydrogens is 226 g/mol. The van der Waals surface area contributed by atoms with Gasteiger partial charge in [0.2, 0.25) is 0 Å². The minimum Gasteiger partial charge on any atom is -0.356 e. The zero-order valence-electron chi connectivity index (χ0n) is 11.1. The highest BCUT2D eigenvalue weighted by Crippen LogP contribution is 2.24. The van der Waals surface area contributed by atoms with E-state index in [9.17, 15) is 0 Å². The number of nitrogens with zero attached hydrogens (tertiary/aromatic N) is 3. The second-order valence-corrected chi connectivity index (χ2v) is 4.98. The molecule has 1 unspecified atom stereocenters. The average molecular weight is 249 g/mol. The molecule has 5 heteroatoms. The Morgan fingerprint density at radius 2 is 2.28 bits per heavy atom. The van der Waals surface area contributed by atoms with Crippen molar-refractivity contribution in [2.75, 3.05) is 23.4 Å². The van der Waals surface area contributed by atoms with Gasteiger partial charge in [0, 0.05) is 19.2 Å². The Bertz CT molecular complexity index is 368. The third-order valence-corrected chi connectivity index (χ3v) is 3.67. The van der Waals surface area contributed by atoms with Crippen molar-refractivity contribution >= 4 is 11.6 Å².